The average Bonchev–Trinajstić information content (AvgIpc) is 3.17. The topological polar surface area (TPSA) is 64.8 Å². The van der Waals surface area contributed by atoms with Crippen molar-refractivity contribution in [2.75, 3.05) is 13.1 Å². The van der Waals surface area contributed by atoms with Crippen LogP contribution in [0.3, 0.4) is 0 Å². The maximum absolute atomic E-state index is 12.5. The molecule has 0 saturated carbocycles. The standard InChI is InChI=1S/C15H20N4O/c1-2-12-5-6-13(18-12)15(20)19-9-3-4-11(10-19)14-16-7-8-17-14/h5-8,11,18H,2-4,9-10H2,1H3,(H,16,17). The van der Waals surface area contributed by atoms with Crippen molar-refractivity contribution < 1.29 is 4.79 Å². The molecule has 1 unspecified atom stereocenters. The van der Waals surface area contributed by atoms with Crippen molar-refractivity contribution in [3.8, 4) is 0 Å². The number of carbonyl (C=O) groups is 1. The second-order valence-electron chi connectivity index (χ2n) is 5.32. The summed E-state index contributed by atoms with van der Waals surface area (Å²) in [5.41, 5.74) is 1.80. The molecule has 1 saturated heterocycles. The Labute approximate surface area is 118 Å². The molecule has 5 heteroatoms. The van der Waals surface area contributed by atoms with Crippen molar-refractivity contribution in [3.63, 3.8) is 0 Å². The van der Waals surface area contributed by atoms with Crippen molar-refractivity contribution in [3.05, 3.63) is 41.7 Å². The normalized spacial score (nSPS) is 19.2. The van der Waals surface area contributed by atoms with Crippen LogP contribution in [0.25, 0.3) is 0 Å². The number of carbonyl (C=O) groups excluding carboxylic acids is 1. The number of likely N-dealkylation sites (tertiary alicyclic amines) is 1. The number of hydrogen-bond acceptors (Lipinski definition) is 2. The van der Waals surface area contributed by atoms with E-state index in [0.29, 0.717) is 11.6 Å². The lowest BCUT2D eigenvalue weighted by molar-refractivity contribution is 0.0699. The number of imidazole rings is 1. The minimum absolute atomic E-state index is 0.0981. The van der Waals surface area contributed by atoms with Gasteiger partial charge in [0, 0.05) is 37.1 Å². The second-order valence-corrected chi connectivity index (χ2v) is 5.32. The van der Waals surface area contributed by atoms with Crippen LogP contribution in [0.2, 0.25) is 0 Å². The first-order valence-electron chi connectivity index (χ1n) is 7.24. The van der Waals surface area contributed by atoms with Crippen molar-refractivity contribution in [2.24, 2.45) is 0 Å². The Morgan fingerprint density at radius 1 is 1.50 bits per heavy atom. The van der Waals surface area contributed by atoms with Gasteiger partial charge in [-0.05, 0) is 31.4 Å². The summed E-state index contributed by atoms with van der Waals surface area (Å²) in [6, 6.07) is 3.87. The Morgan fingerprint density at radius 3 is 3.10 bits per heavy atom. The lowest BCUT2D eigenvalue weighted by Gasteiger charge is -2.31. The van der Waals surface area contributed by atoms with E-state index in [9.17, 15) is 4.79 Å². The fourth-order valence-electron chi connectivity index (χ4n) is 2.83. The van der Waals surface area contributed by atoms with E-state index in [4.69, 9.17) is 0 Å². The van der Waals surface area contributed by atoms with Crippen LogP contribution in [0.1, 0.15) is 47.7 Å². The molecule has 1 amide bonds. The number of nitrogens with zero attached hydrogens (tertiary/aromatic N) is 2. The van der Waals surface area contributed by atoms with E-state index in [1.54, 1.807) is 6.20 Å². The molecule has 1 fully saturated rings. The zero-order chi connectivity index (χ0) is 13.9. The first-order chi connectivity index (χ1) is 9.78. The highest BCUT2D eigenvalue weighted by molar-refractivity contribution is 5.92. The number of aromatic amines is 2. The van der Waals surface area contributed by atoms with E-state index in [1.807, 2.05) is 23.2 Å². The number of hydrogen-bond donors (Lipinski definition) is 2. The summed E-state index contributed by atoms with van der Waals surface area (Å²) < 4.78 is 0. The molecule has 0 radical (unpaired) electrons. The van der Waals surface area contributed by atoms with E-state index in [1.165, 1.54) is 0 Å². The van der Waals surface area contributed by atoms with Gasteiger partial charge in [-0.1, -0.05) is 6.92 Å². The van der Waals surface area contributed by atoms with Gasteiger partial charge in [0.15, 0.2) is 0 Å². The molecular weight excluding hydrogens is 252 g/mol. The van der Waals surface area contributed by atoms with Gasteiger partial charge in [-0.15, -0.1) is 0 Å². The monoisotopic (exact) mass is 272 g/mol. The number of piperidine rings is 1. The zero-order valence-corrected chi connectivity index (χ0v) is 11.7. The lowest BCUT2D eigenvalue weighted by atomic mass is 9.97. The summed E-state index contributed by atoms with van der Waals surface area (Å²) in [6.45, 7) is 3.65. The Bertz CT molecular complexity index is 572. The van der Waals surface area contributed by atoms with Crippen LogP contribution in [-0.4, -0.2) is 38.8 Å². The largest absolute Gasteiger partial charge is 0.354 e. The van der Waals surface area contributed by atoms with Gasteiger partial charge >= 0.3 is 0 Å². The summed E-state index contributed by atoms with van der Waals surface area (Å²) in [6.07, 6.45) is 6.65. The van der Waals surface area contributed by atoms with E-state index < -0.39 is 0 Å². The maximum Gasteiger partial charge on any atom is 0.270 e. The van der Waals surface area contributed by atoms with E-state index in [0.717, 1.165) is 43.9 Å². The molecule has 3 rings (SSSR count). The number of H-pyrrole nitrogens is 2. The summed E-state index contributed by atoms with van der Waals surface area (Å²) in [5, 5.41) is 0. The zero-order valence-electron chi connectivity index (χ0n) is 11.7. The summed E-state index contributed by atoms with van der Waals surface area (Å²) >= 11 is 0. The Balaban J connectivity index is 1.71. The highest BCUT2D eigenvalue weighted by atomic mass is 16.2. The molecule has 106 valence electrons. The molecular formula is C15H20N4O. The predicted molar refractivity (Wildman–Crippen MR) is 76.6 cm³/mol. The molecule has 1 aliphatic heterocycles. The van der Waals surface area contributed by atoms with Crippen LogP contribution in [-0.2, 0) is 6.42 Å². The lowest BCUT2D eigenvalue weighted by Crippen LogP contribution is -2.39. The number of aromatic nitrogens is 3. The molecule has 2 aromatic rings. The second kappa shape index (κ2) is 5.53. The average molecular weight is 272 g/mol. The summed E-state index contributed by atoms with van der Waals surface area (Å²) in [4.78, 5) is 25.1. The van der Waals surface area contributed by atoms with Gasteiger partial charge in [0.1, 0.15) is 11.5 Å². The predicted octanol–water partition coefficient (Wildman–Crippen LogP) is 2.32. The molecule has 2 aromatic heterocycles. The van der Waals surface area contributed by atoms with Gasteiger partial charge in [0.2, 0.25) is 0 Å². The maximum atomic E-state index is 12.5. The van der Waals surface area contributed by atoms with E-state index >= 15 is 0 Å². The third kappa shape index (κ3) is 2.48. The fourth-order valence-corrected chi connectivity index (χ4v) is 2.83. The van der Waals surface area contributed by atoms with Crippen LogP contribution in [0.15, 0.2) is 24.5 Å². The van der Waals surface area contributed by atoms with Crippen LogP contribution >= 0.6 is 0 Å². The van der Waals surface area contributed by atoms with E-state index in [-0.39, 0.29) is 5.91 Å². The third-order valence-corrected chi connectivity index (χ3v) is 3.97. The van der Waals surface area contributed by atoms with Gasteiger partial charge in [-0.3, -0.25) is 4.79 Å². The molecule has 1 aliphatic rings. The number of amides is 1. The molecule has 0 aromatic carbocycles. The van der Waals surface area contributed by atoms with Gasteiger partial charge < -0.3 is 14.9 Å². The number of nitrogens with one attached hydrogen (secondary N) is 2. The fraction of sp³-hybridized carbons (Fsp3) is 0.467. The SMILES string of the molecule is CCc1ccc(C(=O)N2CCCC(c3ncc[nH]3)C2)[nH]1. The quantitative estimate of drug-likeness (QED) is 0.900. The Hall–Kier alpha value is -2.04. The highest BCUT2D eigenvalue weighted by Gasteiger charge is 2.27. The summed E-state index contributed by atoms with van der Waals surface area (Å²) in [5.74, 6) is 1.41. The van der Waals surface area contributed by atoms with Crippen molar-refractivity contribution in [1.29, 1.82) is 0 Å². The van der Waals surface area contributed by atoms with Crippen molar-refractivity contribution in [1.82, 2.24) is 19.9 Å². The van der Waals surface area contributed by atoms with Crippen LogP contribution < -0.4 is 0 Å². The van der Waals surface area contributed by atoms with Crippen molar-refractivity contribution >= 4 is 5.91 Å². The molecule has 2 N–H and O–H groups in total. The van der Waals surface area contributed by atoms with Gasteiger partial charge in [0.05, 0.1) is 0 Å². The van der Waals surface area contributed by atoms with Crippen LogP contribution in [0.5, 0.6) is 0 Å². The first kappa shape index (κ1) is 13.0. The number of rotatable bonds is 3. The highest BCUT2D eigenvalue weighted by Crippen LogP contribution is 2.25. The number of aryl methyl sites for hydroxylation is 1. The van der Waals surface area contributed by atoms with Gasteiger partial charge in [-0.25, -0.2) is 4.98 Å². The molecule has 20 heavy (non-hydrogen) atoms. The minimum Gasteiger partial charge on any atom is -0.354 e. The van der Waals surface area contributed by atoms with Crippen molar-refractivity contribution in [2.45, 2.75) is 32.1 Å². The van der Waals surface area contributed by atoms with E-state index in [2.05, 4.69) is 21.9 Å². The smallest absolute Gasteiger partial charge is 0.270 e. The minimum atomic E-state index is 0.0981. The van der Waals surface area contributed by atoms with Crippen LogP contribution in [0, 0.1) is 0 Å². The Morgan fingerprint density at radius 2 is 2.40 bits per heavy atom. The molecule has 0 bridgehead atoms. The van der Waals surface area contributed by atoms with Gasteiger partial charge in [-0.2, -0.15) is 0 Å². The first-order valence-corrected chi connectivity index (χ1v) is 7.24. The molecule has 5 nitrogen and oxygen atoms in total. The van der Waals surface area contributed by atoms with Crippen LogP contribution in [0.4, 0.5) is 0 Å². The van der Waals surface area contributed by atoms with Gasteiger partial charge in [0.25, 0.3) is 5.91 Å². The third-order valence-electron chi connectivity index (χ3n) is 3.97. The Kier molecular flexibility index (Phi) is 3.58. The molecule has 0 aliphatic carbocycles. The summed E-state index contributed by atoms with van der Waals surface area (Å²) in [7, 11) is 0. The molecule has 0 spiro atoms. The molecule has 3 heterocycles. The molecule has 1 atom stereocenters.